The molecular weight excluding hydrogens is 258 g/mol. The lowest BCUT2D eigenvalue weighted by atomic mass is 10.5. The predicted molar refractivity (Wildman–Crippen MR) is 73.8 cm³/mol. The molecule has 4 aromatic rings. The molecule has 0 aliphatic carbocycles. The normalized spacial score (nSPS) is 10.4. The molecule has 0 unspecified atom stereocenters. The molecule has 7 heteroatoms. The number of nitrogens with zero attached hydrogens (tertiary/aromatic N) is 3. The Morgan fingerprint density at radius 2 is 1.65 bits per heavy atom. The highest BCUT2D eigenvalue weighted by Gasteiger charge is 1.94. The van der Waals surface area contributed by atoms with Gasteiger partial charge in [0, 0.05) is 43.4 Å². The Hall–Kier alpha value is -3.09. The van der Waals surface area contributed by atoms with Crippen molar-refractivity contribution in [2.45, 2.75) is 0 Å². The van der Waals surface area contributed by atoms with Gasteiger partial charge in [-0.05, 0) is 12.1 Å². The summed E-state index contributed by atoms with van der Waals surface area (Å²) in [5, 5.41) is 0. The molecule has 0 spiro atoms. The lowest BCUT2D eigenvalue weighted by Gasteiger charge is -1.88. The average Bonchev–Trinajstić information content (AvgIpc) is 3.08. The smallest absolute Gasteiger partial charge is 0.291 e. The van der Waals surface area contributed by atoms with E-state index in [1.54, 1.807) is 52.0 Å². The topological polar surface area (TPSA) is 87.4 Å². The minimum absolute atomic E-state index is 0.0486. The van der Waals surface area contributed by atoms with Crippen molar-refractivity contribution < 1.29 is 0 Å². The summed E-state index contributed by atoms with van der Waals surface area (Å²) in [7, 11) is 0. The maximum atomic E-state index is 11.0. The van der Waals surface area contributed by atoms with Gasteiger partial charge in [0.05, 0.1) is 0 Å². The van der Waals surface area contributed by atoms with Crippen LogP contribution in [0.25, 0.3) is 11.2 Å². The van der Waals surface area contributed by atoms with Gasteiger partial charge in [-0.1, -0.05) is 0 Å². The van der Waals surface area contributed by atoms with E-state index in [0.29, 0.717) is 11.2 Å². The van der Waals surface area contributed by atoms with Gasteiger partial charge in [-0.25, -0.2) is 4.98 Å². The Morgan fingerprint density at radius 1 is 0.900 bits per heavy atom. The fourth-order valence-electron chi connectivity index (χ4n) is 1.85. The standard InChI is InChI=1S/C7H6N2O.C6H5N3O/c10-7-6-2-1-4-9(6)5-3-8-7;10-6-5-7-1-3-9(5)4-2-8-6/h1-5H,(H,8,10);1-4H,(H,8,10). The summed E-state index contributed by atoms with van der Waals surface area (Å²) in [6.45, 7) is 0. The lowest BCUT2D eigenvalue weighted by molar-refractivity contribution is 1.09. The van der Waals surface area contributed by atoms with Crippen molar-refractivity contribution in [1.82, 2.24) is 23.8 Å². The van der Waals surface area contributed by atoms with Crippen LogP contribution in [0.2, 0.25) is 0 Å². The van der Waals surface area contributed by atoms with Crippen LogP contribution in [0.4, 0.5) is 0 Å². The summed E-state index contributed by atoms with van der Waals surface area (Å²) < 4.78 is 3.44. The zero-order chi connectivity index (χ0) is 13.9. The Labute approximate surface area is 112 Å². The molecule has 0 amide bonds. The molecule has 0 saturated carbocycles. The summed E-state index contributed by atoms with van der Waals surface area (Å²) in [6.07, 6.45) is 11.9. The molecule has 100 valence electrons. The first-order valence-corrected chi connectivity index (χ1v) is 5.90. The summed E-state index contributed by atoms with van der Waals surface area (Å²) in [6, 6.07) is 3.61. The van der Waals surface area contributed by atoms with Gasteiger partial charge >= 0.3 is 0 Å². The maximum Gasteiger partial charge on any atom is 0.291 e. The van der Waals surface area contributed by atoms with Gasteiger partial charge in [-0.2, -0.15) is 0 Å². The zero-order valence-corrected chi connectivity index (χ0v) is 10.4. The van der Waals surface area contributed by atoms with E-state index in [1.165, 1.54) is 0 Å². The van der Waals surface area contributed by atoms with Crippen molar-refractivity contribution in [3.8, 4) is 0 Å². The van der Waals surface area contributed by atoms with Crippen LogP contribution >= 0.6 is 0 Å². The number of nitrogens with one attached hydrogen (secondary N) is 2. The van der Waals surface area contributed by atoms with Gasteiger partial charge in [0.15, 0.2) is 0 Å². The highest BCUT2D eigenvalue weighted by Crippen LogP contribution is 1.94. The molecular formula is C13H11N5O2. The first-order valence-electron chi connectivity index (χ1n) is 5.90. The highest BCUT2D eigenvalue weighted by molar-refractivity contribution is 5.44. The third-order valence-electron chi connectivity index (χ3n) is 2.78. The predicted octanol–water partition coefficient (Wildman–Crippen LogP) is 0.650. The Morgan fingerprint density at radius 3 is 2.40 bits per heavy atom. The van der Waals surface area contributed by atoms with E-state index in [4.69, 9.17) is 0 Å². The molecule has 4 rings (SSSR count). The fourth-order valence-corrected chi connectivity index (χ4v) is 1.85. The van der Waals surface area contributed by atoms with Gasteiger partial charge in [-0.3, -0.25) is 9.59 Å². The molecule has 0 saturated heterocycles. The highest BCUT2D eigenvalue weighted by atomic mass is 16.1. The zero-order valence-electron chi connectivity index (χ0n) is 10.4. The number of aromatic nitrogens is 5. The van der Waals surface area contributed by atoms with Crippen LogP contribution in [0.15, 0.2) is 65.1 Å². The molecule has 0 fully saturated rings. The van der Waals surface area contributed by atoms with E-state index in [9.17, 15) is 9.59 Å². The van der Waals surface area contributed by atoms with Crippen LogP contribution in [-0.4, -0.2) is 23.8 Å². The molecule has 7 nitrogen and oxygen atoms in total. The van der Waals surface area contributed by atoms with Gasteiger partial charge in [-0.15, -0.1) is 0 Å². The molecule has 2 N–H and O–H groups in total. The average molecular weight is 269 g/mol. The van der Waals surface area contributed by atoms with Crippen molar-refractivity contribution >= 4 is 11.2 Å². The second kappa shape index (κ2) is 4.88. The van der Waals surface area contributed by atoms with Crippen molar-refractivity contribution in [3.05, 3.63) is 76.2 Å². The molecule has 4 aromatic heterocycles. The van der Waals surface area contributed by atoms with E-state index in [2.05, 4.69) is 15.0 Å². The maximum absolute atomic E-state index is 11.0. The second-order valence-electron chi connectivity index (χ2n) is 4.04. The SMILES string of the molecule is O=c1[nH]ccn2cccc12.O=c1[nH]ccn2ccnc12. The van der Waals surface area contributed by atoms with E-state index in [-0.39, 0.29) is 11.1 Å². The quantitative estimate of drug-likeness (QED) is 0.491. The number of fused-ring (bicyclic) bond motifs is 2. The third-order valence-corrected chi connectivity index (χ3v) is 2.78. The van der Waals surface area contributed by atoms with Crippen molar-refractivity contribution in [2.24, 2.45) is 0 Å². The molecule has 0 aromatic carbocycles. The second-order valence-corrected chi connectivity index (χ2v) is 4.04. The fraction of sp³-hybridized carbons (Fsp3) is 0. The van der Waals surface area contributed by atoms with Crippen molar-refractivity contribution in [2.75, 3.05) is 0 Å². The molecule has 0 aliphatic rings. The van der Waals surface area contributed by atoms with Gasteiger partial charge < -0.3 is 18.8 Å². The monoisotopic (exact) mass is 269 g/mol. The number of hydrogen-bond acceptors (Lipinski definition) is 3. The van der Waals surface area contributed by atoms with E-state index < -0.39 is 0 Å². The summed E-state index contributed by atoms with van der Waals surface area (Å²) >= 11 is 0. The van der Waals surface area contributed by atoms with Crippen LogP contribution in [0.5, 0.6) is 0 Å². The van der Waals surface area contributed by atoms with E-state index in [1.807, 2.05) is 12.3 Å². The molecule has 0 atom stereocenters. The number of imidazole rings is 1. The molecule has 4 heterocycles. The minimum atomic E-state index is -0.160. The number of hydrogen-bond donors (Lipinski definition) is 2. The van der Waals surface area contributed by atoms with Gasteiger partial charge in [0.1, 0.15) is 5.52 Å². The molecule has 20 heavy (non-hydrogen) atoms. The van der Waals surface area contributed by atoms with Crippen LogP contribution in [0.1, 0.15) is 0 Å². The van der Waals surface area contributed by atoms with Gasteiger partial charge in [0.25, 0.3) is 11.1 Å². The van der Waals surface area contributed by atoms with E-state index in [0.717, 1.165) is 0 Å². The summed E-state index contributed by atoms with van der Waals surface area (Å²) in [4.78, 5) is 30.8. The lowest BCUT2D eigenvalue weighted by Crippen LogP contribution is -2.07. The van der Waals surface area contributed by atoms with E-state index >= 15 is 0 Å². The minimum Gasteiger partial charge on any atom is -0.326 e. The summed E-state index contributed by atoms with van der Waals surface area (Å²) in [5.41, 5.74) is 0.907. The molecule has 0 bridgehead atoms. The largest absolute Gasteiger partial charge is 0.326 e. The van der Waals surface area contributed by atoms with Crippen molar-refractivity contribution in [1.29, 1.82) is 0 Å². The molecule has 0 radical (unpaired) electrons. The van der Waals surface area contributed by atoms with Crippen molar-refractivity contribution in [3.63, 3.8) is 0 Å². The van der Waals surface area contributed by atoms with Crippen LogP contribution in [0.3, 0.4) is 0 Å². The Bertz CT molecular complexity index is 879. The first kappa shape index (κ1) is 12.0. The number of H-pyrrole nitrogens is 2. The number of rotatable bonds is 0. The summed E-state index contributed by atoms with van der Waals surface area (Å²) in [5.74, 6) is 0. The van der Waals surface area contributed by atoms with Crippen LogP contribution < -0.4 is 11.1 Å². The van der Waals surface area contributed by atoms with Gasteiger partial charge in [0.2, 0.25) is 5.65 Å². The molecule has 0 aliphatic heterocycles. The first-order chi connectivity index (χ1) is 9.75. The Balaban J connectivity index is 0.000000121. The van der Waals surface area contributed by atoms with Crippen LogP contribution in [-0.2, 0) is 0 Å². The Kier molecular flexibility index (Phi) is 2.92. The third kappa shape index (κ3) is 2.12. The number of aromatic amines is 2. The van der Waals surface area contributed by atoms with Crippen LogP contribution in [0, 0.1) is 0 Å².